The van der Waals surface area contributed by atoms with Gasteiger partial charge in [0, 0.05) is 6.20 Å². The Labute approximate surface area is 93.0 Å². The highest BCUT2D eigenvalue weighted by molar-refractivity contribution is 7.89. The van der Waals surface area contributed by atoms with Crippen LogP contribution in [0.2, 0.25) is 0 Å². The van der Waals surface area contributed by atoms with Crippen molar-refractivity contribution < 1.29 is 8.42 Å². The van der Waals surface area contributed by atoms with Crippen molar-refractivity contribution in [3.63, 3.8) is 0 Å². The minimum absolute atomic E-state index is 0.112. The summed E-state index contributed by atoms with van der Waals surface area (Å²) in [7, 11) is -2.09. The molecular weight excluding hydrogens is 228 g/mol. The Morgan fingerprint density at radius 2 is 2.19 bits per heavy atom. The van der Waals surface area contributed by atoms with Crippen molar-refractivity contribution in [2.24, 2.45) is 0 Å². The van der Waals surface area contributed by atoms with Gasteiger partial charge >= 0.3 is 0 Å². The normalized spacial score (nSPS) is 11.6. The molecule has 84 valence electrons. The number of sulfonamides is 1. The molecule has 0 amide bonds. The van der Waals surface area contributed by atoms with Crippen LogP contribution in [-0.4, -0.2) is 30.2 Å². The van der Waals surface area contributed by atoms with Gasteiger partial charge in [0.05, 0.1) is 12.4 Å². The van der Waals surface area contributed by atoms with Crippen LogP contribution in [0.4, 0.5) is 0 Å². The first kappa shape index (κ1) is 10.8. The molecule has 2 aromatic heterocycles. The van der Waals surface area contributed by atoms with E-state index < -0.39 is 10.0 Å². The first-order valence-electron chi connectivity index (χ1n) is 4.53. The molecule has 0 aromatic carbocycles. The van der Waals surface area contributed by atoms with Crippen molar-refractivity contribution in [2.75, 3.05) is 7.05 Å². The van der Waals surface area contributed by atoms with Gasteiger partial charge in [0.25, 0.3) is 0 Å². The van der Waals surface area contributed by atoms with E-state index in [4.69, 9.17) is 0 Å². The first-order valence-corrected chi connectivity index (χ1v) is 6.01. The number of hydrogen-bond donors (Lipinski definition) is 1. The minimum Gasteiger partial charge on any atom is -0.237 e. The van der Waals surface area contributed by atoms with Crippen LogP contribution < -0.4 is 4.72 Å². The lowest BCUT2D eigenvalue weighted by atomic mass is 10.5. The standard InChI is InChI=1S/C9H10N4O2S/c1-10-16(14,15)8-6-12-13(7-8)9-4-2-3-5-11-9/h2-7,10H,1H3. The molecule has 0 saturated heterocycles. The quantitative estimate of drug-likeness (QED) is 0.827. The molecule has 6 nitrogen and oxygen atoms in total. The van der Waals surface area contributed by atoms with Crippen molar-refractivity contribution in [3.05, 3.63) is 36.8 Å². The Bertz CT molecular complexity index is 577. The summed E-state index contributed by atoms with van der Waals surface area (Å²) in [5.74, 6) is 0.569. The second-order valence-corrected chi connectivity index (χ2v) is 4.90. The molecule has 0 fully saturated rings. The third-order valence-corrected chi connectivity index (χ3v) is 3.39. The van der Waals surface area contributed by atoms with Gasteiger partial charge in [0.2, 0.25) is 10.0 Å². The Hall–Kier alpha value is -1.73. The summed E-state index contributed by atoms with van der Waals surface area (Å²) in [5.41, 5.74) is 0. The molecule has 0 unspecified atom stereocenters. The summed E-state index contributed by atoms with van der Waals surface area (Å²) in [6.45, 7) is 0. The Kier molecular flexibility index (Phi) is 2.71. The van der Waals surface area contributed by atoms with Crippen LogP contribution in [0, 0.1) is 0 Å². The number of pyridine rings is 1. The van der Waals surface area contributed by atoms with Gasteiger partial charge in [-0.1, -0.05) is 6.07 Å². The number of nitrogens with zero attached hydrogens (tertiary/aromatic N) is 3. The molecule has 0 atom stereocenters. The molecule has 0 bridgehead atoms. The van der Waals surface area contributed by atoms with Crippen LogP contribution in [0.15, 0.2) is 41.7 Å². The summed E-state index contributed by atoms with van der Waals surface area (Å²) >= 11 is 0. The molecule has 7 heteroatoms. The van der Waals surface area contributed by atoms with Crippen molar-refractivity contribution in [3.8, 4) is 5.82 Å². The van der Waals surface area contributed by atoms with Crippen LogP contribution in [0.5, 0.6) is 0 Å². The van der Waals surface area contributed by atoms with Crippen molar-refractivity contribution in [1.82, 2.24) is 19.5 Å². The Balaban J connectivity index is 2.42. The SMILES string of the molecule is CNS(=O)(=O)c1cnn(-c2ccccn2)c1. The fraction of sp³-hybridized carbons (Fsp3) is 0.111. The van der Waals surface area contributed by atoms with E-state index in [0.717, 1.165) is 0 Å². The second-order valence-electron chi connectivity index (χ2n) is 3.02. The predicted octanol–water partition coefficient (Wildman–Crippen LogP) is 0.175. The fourth-order valence-electron chi connectivity index (χ4n) is 1.18. The zero-order chi connectivity index (χ0) is 11.6. The summed E-state index contributed by atoms with van der Waals surface area (Å²) in [6.07, 6.45) is 4.30. The highest BCUT2D eigenvalue weighted by atomic mass is 32.2. The molecule has 2 heterocycles. The summed E-state index contributed by atoms with van der Waals surface area (Å²) in [6, 6.07) is 5.32. The van der Waals surface area contributed by atoms with Crippen molar-refractivity contribution in [1.29, 1.82) is 0 Å². The molecule has 0 radical (unpaired) electrons. The van der Waals surface area contributed by atoms with Crippen LogP contribution in [-0.2, 0) is 10.0 Å². The molecule has 2 rings (SSSR count). The fourth-order valence-corrected chi connectivity index (χ4v) is 1.84. The lowest BCUT2D eigenvalue weighted by Gasteiger charge is -1.98. The van der Waals surface area contributed by atoms with Gasteiger partial charge in [-0.3, -0.25) is 0 Å². The largest absolute Gasteiger partial charge is 0.243 e. The molecule has 16 heavy (non-hydrogen) atoms. The maximum Gasteiger partial charge on any atom is 0.243 e. The van der Waals surface area contributed by atoms with Gasteiger partial charge in [-0.15, -0.1) is 0 Å². The van der Waals surface area contributed by atoms with Gasteiger partial charge < -0.3 is 0 Å². The average molecular weight is 238 g/mol. The molecule has 0 aliphatic carbocycles. The van der Waals surface area contributed by atoms with Crippen molar-refractivity contribution >= 4 is 10.0 Å². The van der Waals surface area contributed by atoms with Gasteiger partial charge in [0.15, 0.2) is 5.82 Å². The lowest BCUT2D eigenvalue weighted by molar-refractivity contribution is 0.588. The van der Waals surface area contributed by atoms with Crippen LogP contribution in [0.3, 0.4) is 0 Å². The molecular formula is C9H10N4O2S. The molecule has 2 aromatic rings. The van der Waals surface area contributed by atoms with Crippen LogP contribution in [0.25, 0.3) is 5.82 Å². The minimum atomic E-state index is -3.45. The zero-order valence-corrected chi connectivity index (χ0v) is 9.35. The van der Waals surface area contributed by atoms with Gasteiger partial charge in [0.1, 0.15) is 4.90 Å². The van der Waals surface area contributed by atoms with E-state index in [9.17, 15) is 8.42 Å². The third kappa shape index (κ3) is 1.95. The molecule has 0 saturated carbocycles. The van der Waals surface area contributed by atoms with E-state index in [1.165, 1.54) is 24.1 Å². The average Bonchev–Trinajstić information content (AvgIpc) is 2.80. The summed E-state index contributed by atoms with van der Waals surface area (Å²) in [5, 5.41) is 3.94. The highest BCUT2D eigenvalue weighted by Gasteiger charge is 2.14. The van der Waals surface area contributed by atoms with Gasteiger partial charge in [-0.2, -0.15) is 5.10 Å². The van der Waals surface area contributed by atoms with Gasteiger partial charge in [-0.05, 0) is 19.2 Å². The van der Waals surface area contributed by atoms with Gasteiger partial charge in [-0.25, -0.2) is 22.8 Å². The third-order valence-electron chi connectivity index (χ3n) is 2.02. The van der Waals surface area contributed by atoms with Crippen LogP contribution in [0.1, 0.15) is 0 Å². The monoisotopic (exact) mass is 238 g/mol. The van der Waals surface area contributed by atoms with Crippen molar-refractivity contribution in [2.45, 2.75) is 4.90 Å². The highest BCUT2D eigenvalue weighted by Crippen LogP contribution is 2.09. The topological polar surface area (TPSA) is 76.9 Å². The summed E-state index contributed by atoms with van der Waals surface area (Å²) in [4.78, 5) is 4.17. The number of hydrogen-bond acceptors (Lipinski definition) is 4. The molecule has 0 spiro atoms. The molecule has 0 aliphatic heterocycles. The van der Waals surface area contributed by atoms with E-state index in [-0.39, 0.29) is 4.90 Å². The Morgan fingerprint density at radius 3 is 2.81 bits per heavy atom. The van der Waals surface area contributed by atoms with Crippen LogP contribution >= 0.6 is 0 Å². The lowest BCUT2D eigenvalue weighted by Crippen LogP contribution is -2.17. The number of rotatable bonds is 3. The maximum absolute atomic E-state index is 11.5. The Morgan fingerprint density at radius 1 is 1.38 bits per heavy atom. The summed E-state index contributed by atoms with van der Waals surface area (Å²) < 4.78 is 26.5. The molecule has 1 N–H and O–H groups in total. The smallest absolute Gasteiger partial charge is 0.237 e. The number of aromatic nitrogens is 3. The predicted molar refractivity (Wildman–Crippen MR) is 57.6 cm³/mol. The maximum atomic E-state index is 11.5. The van der Waals surface area contributed by atoms with E-state index in [1.807, 2.05) is 0 Å². The van der Waals surface area contributed by atoms with E-state index in [1.54, 1.807) is 24.4 Å². The van der Waals surface area contributed by atoms with E-state index >= 15 is 0 Å². The van der Waals surface area contributed by atoms with E-state index in [2.05, 4.69) is 14.8 Å². The van der Waals surface area contributed by atoms with E-state index in [0.29, 0.717) is 5.82 Å². The zero-order valence-electron chi connectivity index (χ0n) is 8.53. The number of nitrogens with one attached hydrogen (secondary N) is 1. The first-order chi connectivity index (χ1) is 7.63. The second kappa shape index (κ2) is 4.03. The molecule has 0 aliphatic rings.